The summed E-state index contributed by atoms with van der Waals surface area (Å²) >= 11 is 0. The molecule has 0 aliphatic heterocycles. The molecule has 216 valence electrons. The third-order valence-electron chi connectivity index (χ3n) is 6.50. The molecule has 1 aromatic heterocycles. The van der Waals surface area contributed by atoms with Crippen molar-refractivity contribution < 1.29 is 32.3 Å². The monoisotopic (exact) mass is 567 g/mol. The first-order valence-corrected chi connectivity index (χ1v) is 13.1. The third kappa shape index (κ3) is 7.87. The summed E-state index contributed by atoms with van der Waals surface area (Å²) in [6.45, 7) is 7.69. The number of anilines is 1. The Labute approximate surface area is 236 Å². The molecule has 0 spiro atoms. The van der Waals surface area contributed by atoms with Crippen molar-refractivity contribution in [3.05, 3.63) is 94.5 Å². The number of aromatic nitrogens is 2. The van der Waals surface area contributed by atoms with E-state index in [0.717, 1.165) is 34.4 Å². The van der Waals surface area contributed by atoms with Crippen LogP contribution in [0.3, 0.4) is 0 Å². The van der Waals surface area contributed by atoms with Gasteiger partial charge in [0.25, 0.3) is 11.8 Å². The molecule has 0 aliphatic rings. The van der Waals surface area contributed by atoms with Gasteiger partial charge in [-0.15, -0.1) is 0 Å². The number of ether oxygens (including phenoxy) is 1. The molecule has 0 fully saturated rings. The Bertz CT molecular complexity index is 1480. The smallest absolute Gasteiger partial charge is 0.416 e. The van der Waals surface area contributed by atoms with Crippen LogP contribution in [-0.4, -0.2) is 33.4 Å². The van der Waals surface area contributed by atoms with Gasteiger partial charge in [0.05, 0.1) is 5.56 Å². The Hall–Kier alpha value is -4.34. The number of nitrogens with zero attached hydrogens (tertiary/aromatic N) is 3. The number of aryl methyl sites for hydroxylation is 3. The number of carboxylic acids is 1. The van der Waals surface area contributed by atoms with E-state index < -0.39 is 23.3 Å². The maximum atomic E-state index is 13.1. The van der Waals surface area contributed by atoms with Gasteiger partial charge in [0, 0.05) is 18.7 Å². The van der Waals surface area contributed by atoms with Gasteiger partial charge < -0.3 is 19.3 Å². The van der Waals surface area contributed by atoms with Crippen LogP contribution in [0, 0.1) is 13.8 Å². The molecule has 0 unspecified atom stereocenters. The van der Waals surface area contributed by atoms with E-state index in [1.54, 1.807) is 18.2 Å². The number of benzene rings is 3. The number of aliphatic carboxylic acids is 1. The highest BCUT2D eigenvalue weighted by Crippen LogP contribution is 2.30. The molecule has 4 aromatic rings. The van der Waals surface area contributed by atoms with Crippen LogP contribution in [0.4, 0.5) is 19.1 Å². The summed E-state index contributed by atoms with van der Waals surface area (Å²) in [5, 5.41) is 13.5. The molecular weight excluding hydrogens is 535 g/mol. The lowest BCUT2D eigenvalue weighted by molar-refractivity contribution is -0.152. The van der Waals surface area contributed by atoms with Crippen molar-refractivity contribution in [1.29, 1.82) is 0 Å². The van der Waals surface area contributed by atoms with Crippen LogP contribution in [0.1, 0.15) is 48.1 Å². The van der Waals surface area contributed by atoms with E-state index >= 15 is 0 Å². The van der Waals surface area contributed by atoms with E-state index in [1.807, 2.05) is 43.0 Å². The van der Waals surface area contributed by atoms with Crippen molar-refractivity contribution in [2.24, 2.45) is 0 Å². The molecule has 0 radical (unpaired) electrons. The highest BCUT2D eigenvalue weighted by molar-refractivity contribution is 5.76. The summed E-state index contributed by atoms with van der Waals surface area (Å²) in [7, 11) is 0. The minimum atomic E-state index is -4.41. The summed E-state index contributed by atoms with van der Waals surface area (Å²) in [5.41, 5.74) is 2.43. The zero-order valence-corrected chi connectivity index (χ0v) is 23.3. The van der Waals surface area contributed by atoms with Crippen molar-refractivity contribution in [2.45, 2.75) is 58.9 Å². The maximum absolute atomic E-state index is 13.1. The van der Waals surface area contributed by atoms with Crippen molar-refractivity contribution >= 4 is 11.9 Å². The minimum absolute atomic E-state index is 0.278. The van der Waals surface area contributed by atoms with Crippen LogP contribution >= 0.6 is 0 Å². The van der Waals surface area contributed by atoms with Gasteiger partial charge in [-0.1, -0.05) is 41.5 Å². The first kappa shape index (κ1) is 29.6. The Morgan fingerprint density at radius 3 is 2.29 bits per heavy atom. The molecule has 3 aromatic carbocycles. The zero-order chi connectivity index (χ0) is 29.8. The van der Waals surface area contributed by atoms with Crippen molar-refractivity contribution in [3.63, 3.8) is 0 Å². The van der Waals surface area contributed by atoms with E-state index in [1.165, 1.54) is 26.0 Å². The summed E-state index contributed by atoms with van der Waals surface area (Å²) in [4.78, 5) is 17.9. The second kappa shape index (κ2) is 12.0. The average Bonchev–Trinajstić information content (AvgIpc) is 3.38. The van der Waals surface area contributed by atoms with E-state index in [2.05, 4.69) is 10.1 Å². The lowest BCUT2D eigenvalue weighted by Gasteiger charge is -2.22. The van der Waals surface area contributed by atoms with Crippen LogP contribution in [0.25, 0.3) is 11.5 Å². The second-order valence-corrected chi connectivity index (χ2v) is 10.6. The molecule has 41 heavy (non-hydrogen) atoms. The fourth-order valence-electron chi connectivity index (χ4n) is 4.41. The van der Waals surface area contributed by atoms with Gasteiger partial charge in [0.2, 0.25) is 0 Å². The Morgan fingerprint density at radius 2 is 1.66 bits per heavy atom. The van der Waals surface area contributed by atoms with Crippen LogP contribution in [-0.2, 0) is 23.9 Å². The van der Waals surface area contributed by atoms with Gasteiger partial charge in [0.15, 0.2) is 5.60 Å². The van der Waals surface area contributed by atoms with E-state index in [0.29, 0.717) is 42.5 Å². The van der Waals surface area contributed by atoms with Gasteiger partial charge in [-0.2, -0.15) is 18.2 Å². The van der Waals surface area contributed by atoms with E-state index in [9.17, 15) is 23.1 Å². The first-order valence-electron chi connectivity index (χ1n) is 13.1. The lowest BCUT2D eigenvalue weighted by atomic mass is 10.1. The largest absolute Gasteiger partial charge is 0.478 e. The molecule has 0 saturated carbocycles. The van der Waals surface area contributed by atoms with Crippen molar-refractivity contribution in [1.82, 2.24) is 10.1 Å². The lowest BCUT2D eigenvalue weighted by Crippen LogP contribution is -2.37. The molecule has 10 heteroatoms. The number of alkyl halides is 3. The van der Waals surface area contributed by atoms with Gasteiger partial charge in [-0.3, -0.25) is 0 Å². The molecule has 0 amide bonds. The number of hydrogen-bond acceptors (Lipinski definition) is 6. The van der Waals surface area contributed by atoms with Gasteiger partial charge >= 0.3 is 12.1 Å². The SMILES string of the molecule is Cc1cc(C)cc(-c2nc(N(CCCc3cccc(OC(C)(C)C(=O)O)c3)Cc3ccc(C(F)(F)F)cc3)no2)c1. The van der Waals surface area contributed by atoms with E-state index in [-0.39, 0.29) is 6.54 Å². The highest BCUT2D eigenvalue weighted by Gasteiger charge is 2.30. The summed E-state index contributed by atoms with van der Waals surface area (Å²) in [6, 6.07) is 18.2. The van der Waals surface area contributed by atoms with Crippen molar-refractivity contribution in [2.75, 3.05) is 11.4 Å². The Kier molecular flexibility index (Phi) is 8.70. The number of hydrogen-bond donors (Lipinski definition) is 1. The molecule has 1 N–H and O–H groups in total. The van der Waals surface area contributed by atoms with Gasteiger partial charge in [-0.05, 0) is 93.2 Å². The molecule has 7 nitrogen and oxygen atoms in total. The molecule has 0 saturated heterocycles. The van der Waals surface area contributed by atoms with Crippen LogP contribution < -0.4 is 9.64 Å². The fraction of sp³-hybridized carbons (Fsp3) is 0.323. The van der Waals surface area contributed by atoms with Crippen LogP contribution in [0.5, 0.6) is 5.75 Å². The summed E-state index contributed by atoms with van der Waals surface area (Å²) in [5.74, 6) is 0.0735. The Morgan fingerprint density at radius 1 is 0.976 bits per heavy atom. The predicted molar refractivity (Wildman–Crippen MR) is 149 cm³/mol. The molecule has 0 aliphatic carbocycles. The summed E-state index contributed by atoms with van der Waals surface area (Å²) < 4.78 is 50.4. The number of rotatable bonds is 11. The highest BCUT2D eigenvalue weighted by atomic mass is 19.4. The van der Waals surface area contributed by atoms with Crippen molar-refractivity contribution in [3.8, 4) is 17.2 Å². The minimum Gasteiger partial charge on any atom is -0.478 e. The van der Waals surface area contributed by atoms with Crippen LogP contribution in [0.2, 0.25) is 0 Å². The molecular formula is C31H32F3N3O4. The zero-order valence-electron chi connectivity index (χ0n) is 23.3. The standard InChI is InChI=1S/C31H32F3N3O4/c1-20-15-21(2)17-24(16-20)27-35-29(36-41-27)37(19-23-10-12-25(13-11-23)31(32,33)34)14-6-8-22-7-5-9-26(18-22)40-30(3,4)28(38)39/h5,7,9-13,15-18H,6,8,14,19H2,1-4H3,(H,38,39). The number of halogens is 3. The molecule has 0 bridgehead atoms. The van der Waals surface area contributed by atoms with E-state index in [4.69, 9.17) is 9.26 Å². The third-order valence-corrected chi connectivity index (χ3v) is 6.50. The number of carbonyl (C=O) groups is 1. The molecule has 0 atom stereocenters. The quantitative estimate of drug-likeness (QED) is 0.204. The van der Waals surface area contributed by atoms with Gasteiger partial charge in [0.1, 0.15) is 5.75 Å². The normalized spacial score (nSPS) is 11.9. The maximum Gasteiger partial charge on any atom is 0.416 e. The second-order valence-electron chi connectivity index (χ2n) is 10.6. The molecule has 1 heterocycles. The molecule has 4 rings (SSSR count). The fourth-order valence-corrected chi connectivity index (χ4v) is 4.41. The summed E-state index contributed by atoms with van der Waals surface area (Å²) in [6.07, 6.45) is -3.12. The van der Waals surface area contributed by atoms with Crippen LogP contribution in [0.15, 0.2) is 71.3 Å². The number of carboxylic acid groups (broad SMARTS) is 1. The topological polar surface area (TPSA) is 88.7 Å². The predicted octanol–water partition coefficient (Wildman–Crippen LogP) is 7.25. The first-order chi connectivity index (χ1) is 19.3. The average molecular weight is 568 g/mol. The van der Waals surface area contributed by atoms with Gasteiger partial charge in [-0.25, -0.2) is 4.79 Å². The Balaban J connectivity index is 1.52.